The van der Waals surface area contributed by atoms with E-state index in [-0.39, 0.29) is 11.8 Å². The molecule has 1 atom stereocenters. The first-order chi connectivity index (χ1) is 9.15. The third-order valence-electron chi connectivity index (χ3n) is 4.49. The van der Waals surface area contributed by atoms with Crippen molar-refractivity contribution in [3.05, 3.63) is 11.7 Å². The van der Waals surface area contributed by atoms with Gasteiger partial charge >= 0.3 is 0 Å². The molecule has 1 amide bonds. The molecule has 1 aromatic rings. The Morgan fingerprint density at radius 3 is 2.89 bits per heavy atom. The smallest absolute Gasteiger partial charge is 0.231 e. The van der Waals surface area contributed by atoms with Crippen LogP contribution in [0.1, 0.15) is 63.1 Å². The maximum Gasteiger partial charge on any atom is 0.231 e. The number of carbonyl (C=O) groups excluding carboxylic acids is 1. The molecule has 2 aliphatic rings. The molecule has 0 bridgehead atoms. The van der Waals surface area contributed by atoms with Crippen LogP contribution in [0.4, 0.5) is 0 Å². The molecule has 0 spiro atoms. The van der Waals surface area contributed by atoms with Gasteiger partial charge in [0.25, 0.3) is 0 Å². The zero-order chi connectivity index (χ0) is 13.3. The largest absolute Gasteiger partial charge is 0.355 e. The molecule has 104 valence electrons. The number of amides is 1. The molecule has 2 heterocycles. The minimum atomic E-state index is 0.120. The summed E-state index contributed by atoms with van der Waals surface area (Å²) in [5.74, 6) is 1.83. The van der Waals surface area contributed by atoms with E-state index in [0.717, 1.165) is 18.7 Å². The fourth-order valence-electron chi connectivity index (χ4n) is 3.24. The lowest BCUT2D eigenvalue weighted by Crippen LogP contribution is -2.33. The highest BCUT2D eigenvalue weighted by Crippen LogP contribution is 2.39. The van der Waals surface area contributed by atoms with Crippen molar-refractivity contribution in [2.24, 2.45) is 5.41 Å². The van der Waals surface area contributed by atoms with E-state index < -0.39 is 0 Å². The fraction of sp³-hybridized carbons (Fsp3) is 0.786. The van der Waals surface area contributed by atoms with Crippen LogP contribution < -0.4 is 5.32 Å². The Balaban J connectivity index is 1.64. The van der Waals surface area contributed by atoms with Gasteiger partial charge in [-0.3, -0.25) is 4.79 Å². The molecule has 1 aromatic heterocycles. The summed E-state index contributed by atoms with van der Waals surface area (Å²) < 4.78 is 5.38. The summed E-state index contributed by atoms with van der Waals surface area (Å²) in [5, 5.41) is 6.97. The number of piperidine rings is 1. The van der Waals surface area contributed by atoms with Crippen LogP contribution in [-0.4, -0.2) is 22.6 Å². The number of aromatic nitrogens is 2. The van der Waals surface area contributed by atoms with Crippen molar-refractivity contribution in [2.75, 3.05) is 6.54 Å². The molecule has 1 saturated heterocycles. The van der Waals surface area contributed by atoms with Gasteiger partial charge in [0.2, 0.25) is 11.8 Å². The highest BCUT2D eigenvalue weighted by atomic mass is 16.5. The van der Waals surface area contributed by atoms with Gasteiger partial charge in [0.15, 0.2) is 5.82 Å². The van der Waals surface area contributed by atoms with Crippen molar-refractivity contribution in [3.63, 3.8) is 0 Å². The lowest BCUT2D eigenvalue weighted by molar-refractivity contribution is -0.122. The van der Waals surface area contributed by atoms with E-state index in [2.05, 4.69) is 22.4 Å². The molecule has 1 aliphatic heterocycles. The Labute approximate surface area is 113 Å². The Kier molecular flexibility index (Phi) is 3.29. The van der Waals surface area contributed by atoms with Crippen LogP contribution in [0.3, 0.4) is 0 Å². The second-order valence-electron chi connectivity index (χ2n) is 6.28. The van der Waals surface area contributed by atoms with Crippen molar-refractivity contribution in [2.45, 2.75) is 57.8 Å². The number of hydrogen-bond acceptors (Lipinski definition) is 4. The number of nitrogens with one attached hydrogen (secondary N) is 1. The SMILES string of the molecule is CC1(Cc2noc([C@H]3CCC(=O)NC3)n2)CCCC1. The topological polar surface area (TPSA) is 68.0 Å². The molecule has 5 nitrogen and oxygen atoms in total. The van der Waals surface area contributed by atoms with Crippen molar-refractivity contribution >= 4 is 5.91 Å². The highest BCUT2D eigenvalue weighted by Gasteiger charge is 2.31. The average Bonchev–Trinajstić information content (AvgIpc) is 3.00. The van der Waals surface area contributed by atoms with Gasteiger partial charge in [-0.15, -0.1) is 0 Å². The first-order valence-corrected chi connectivity index (χ1v) is 7.24. The molecule has 3 rings (SSSR count). The number of rotatable bonds is 3. The second kappa shape index (κ2) is 4.94. The van der Waals surface area contributed by atoms with Crippen LogP contribution in [-0.2, 0) is 11.2 Å². The lowest BCUT2D eigenvalue weighted by atomic mass is 9.85. The van der Waals surface area contributed by atoms with Crippen molar-refractivity contribution < 1.29 is 9.32 Å². The fourth-order valence-corrected chi connectivity index (χ4v) is 3.24. The van der Waals surface area contributed by atoms with Gasteiger partial charge in [0.05, 0.1) is 5.92 Å². The number of nitrogens with zero attached hydrogens (tertiary/aromatic N) is 2. The van der Waals surface area contributed by atoms with Crippen LogP contribution in [0.25, 0.3) is 0 Å². The van der Waals surface area contributed by atoms with Gasteiger partial charge in [-0.2, -0.15) is 4.98 Å². The maximum absolute atomic E-state index is 11.1. The van der Waals surface area contributed by atoms with Crippen molar-refractivity contribution in [3.8, 4) is 0 Å². The van der Waals surface area contributed by atoms with E-state index in [1.807, 2.05) is 0 Å². The van der Waals surface area contributed by atoms with Crippen LogP contribution in [0.5, 0.6) is 0 Å². The standard InChI is InChI=1S/C14H21N3O2/c1-14(6-2-3-7-14)8-11-16-13(19-17-11)10-4-5-12(18)15-9-10/h10H,2-9H2,1H3,(H,15,18)/t10-/m0/s1. The average molecular weight is 263 g/mol. The third-order valence-corrected chi connectivity index (χ3v) is 4.49. The minimum absolute atomic E-state index is 0.120. The number of hydrogen-bond donors (Lipinski definition) is 1. The molecule has 1 N–H and O–H groups in total. The van der Waals surface area contributed by atoms with E-state index in [1.54, 1.807) is 0 Å². The first kappa shape index (κ1) is 12.6. The van der Waals surface area contributed by atoms with E-state index in [1.165, 1.54) is 25.7 Å². The van der Waals surface area contributed by atoms with Crippen LogP contribution >= 0.6 is 0 Å². The Morgan fingerprint density at radius 2 is 2.21 bits per heavy atom. The summed E-state index contributed by atoms with van der Waals surface area (Å²) in [5.41, 5.74) is 0.349. The van der Waals surface area contributed by atoms with Crippen molar-refractivity contribution in [1.29, 1.82) is 0 Å². The normalized spacial score (nSPS) is 26.4. The summed E-state index contributed by atoms with van der Waals surface area (Å²) >= 11 is 0. The van der Waals surface area contributed by atoms with E-state index in [9.17, 15) is 4.79 Å². The lowest BCUT2D eigenvalue weighted by Gasteiger charge is -2.21. The van der Waals surface area contributed by atoms with Crippen LogP contribution in [0, 0.1) is 5.41 Å². The zero-order valence-electron chi connectivity index (χ0n) is 11.4. The molecule has 19 heavy (non-hydrogen) atoms. The van der Waals surface area contributed by atoms with Gasteiger partial charge in [0.1, 0.15) is 0 Å². The van der Waals surface area contributed by atoms with Gasteiger partial charge in [-0.1, -0.05) is 24.9 Å². The zero-order valence-corrected chi connectivity index (χ0v) is 11.4. The molecule has 2 fully saturated rings. The molecule has 5 heteroatoms. The summed E-state index contributed by atoms with van der Waals surface area (Å²) in [6, 6.07) is 0. The van der Waals surface area contributed by atoms with E-state index in [0.29, 0.717) is 24.3 Å². The first-order valence-electron chi connectivity index (χ1n) is 7.24. The van der Waals surface area contributed by atoms with Crippen LogP contribution in [0.2, 0.25) is 0 Å². The van der Waals surface area contributed by atoms with Gasteiger partial charge in [-0.05, 0) is 24.7 Å². The predicted octanol–water partition coefficient (Wildman–Crippen LogP) is 2.19. The summed E-state index contributed by atoms with van der Waals surface area (Å²) in [4.78, 5) is 15.7. The van der Waals surface area contributed by atoms with E-state index >= 15 is 0 Å². The molecular weight excluding hydrogens is 242 g/mol. The van der Waals surface area contributed by atoms with Crippen molar-refractivity contribution in [1.82, 2.24) is 15.5 Å². The summed E-state index contributed by atoms with van der Waals surface area (Å²) in [7, 11) is 0. The Hall–Kier alpha value is -1.39. The van der Waals surface area contributed by atoms with Gasteiger partial charge < -0.3 is 9.84 Å². The highest BCUT2D eigenvalue weighted by molar-refractivity contribution is 5.76. The Bertz CT molecular complexity index is 453. The molecule has 1 saturated carbocycles. The van der Waals surface area contributed by atoms with E-state index in [4.69, 9.17) is 4.52 Å². The van der Waals surface area contributed by atoms with Gasteiger partial charge in [-0.25, -0.2) is 0 Å². The third kappa shape index (κ3) is 2.80. The molecular formula is C14H21N3O2. The monoisotopic (exact) mass is 263 g/mol. The second-order valence-corrected chi connectivity index (χ2v) is 6.28. The molecule has 0 aromatic carbocycles. The molecule has 0 radical (unpaired) electrons. The summed E-state index contributed by atoms with van der Waals surface area (Å²) in [6.45, 7) is 2.94. The molecule has 1 aliphatic carbocycles. The Morgan fingerprint density at radius 1 is 1.42 bits per heavy atom. The predicted molar refractivity (Wildman–Crippen MR) is 69.6 cm³/mol. The van der Waals surface area contributed by atoms with Crippen LogP contribution in [0.15, 0.2) is 4.52 Å². The molecule has 0 unspecified atom stereocenters. The van der Waals surface area contributed by atoms with Gasteiger partial charge in [0, 0.05) is 19.4 Å². The quantitative estimate of drug-likeness (QED) is 0.907. The number of carbonyl (C=O) groups is 1. The summed E-state index contributed by atoms with van der Waals surface area (Å²) in [6.07, 6.45) is 7.43. The minimum Gasteiger partial charge on any atom is -0.355 e. The maximum atomic E-state index is 11.1.